The van der Waals surface area contributed by atoms with Gasteiger partial charge in [0.15, 0.2) is 0 Å². The summed E-state index contributed by atoms with van der Waals surface area (Å²) in [7, 11) is 1.58. The molecule has 0 bridgehead atoms. The van der Waals surface area contributed by atoms with Crippen LogP contribution in [0.25, 0.3) is 16.8 Å². The van der Waals surface area contributed by atoms with E-state index >= 15 is 0 Å². The average Bonchev–Trinajstić information content (AvgIpc) is 3.11. The van der Waals surface area contributed by atoms with Gasteiger partial charge in [0, 0.05) is 28.5 Å². The van der Waals surface area contributed by atoms with Crippen LogP contribution >= 0.6 is 11.6 Å². The molecule has 0 saturated carbocycles. The quantitative estimate of drug-likeness (QED) is 0.543. The first-order valence-corrected chi connectivity index (χ1v) is 9.19. The number of methoxy groups -OCH3 is 1. The van der Waals surface area contributed by atoms with Gasteiger partial charge in [0.05, 0.1) is 26.0 Å². The van der Waals surface area contributed by atoms with Gasteiger partial charge < -0.3 is 14.4 Å². The molecule has 29 heavy (non-hydrogen) atoms. The van der Waals surface area contributed by atoms with E-state index in [1.165, 1.54) is 21.2 Å². The Kier molecular flexibility index (Phi) is 5.08. The van der Waals surface area contributed by atoms with E-state index in [4.69, 9.17) is 16.3 Å². The SMILES string of the molecule is COc1ccc(-c2nn3ccn(Cc4ccc(F)cc4Cl)c(=O)c3c2CO)cc1. The maximum Gasteiger partial charge on any atom is 0.277 e. The van der Waals surface area contributed by atoms with Crippen LogP contribution in [-0.2, 0) is 13.2 Å². The summed E-state index contributed by atoms with van der Waals surface area (Å²) in [4.78, 5) is 13.1. The van der Waals surface area contributed by atoms with Crippen molar-refractivity contribution in [3.05, 3.63) is 87.2 Å². The first-order valence-electron chi connectivity index (χ1n) is 8.81. The molecule has 1 N–H and O–H groups in total. The second-order valence-corrected chi connectivity index (χ2v) is 6.88. The smallest absolute Gasteiger partial charge is 0.277 e. The molecule has 4 rings (SSSR count). The minimum absolute atomic E-state index is 0.169. The lowest BCUT2D eigenvalue weighted by Crippen LogP contribution is -2.22. The summed E-state index contributed by atoms with van der Waals surface area (Å²) in [6.07, 6.45) is 3.22. The van der Waals surface area contributed by atoms with Gasteiger partial charge in [-0.1, -0.05) is 17.7 Å². The molecule has 0 aliphatic carbocycles. The third-order valence-corrected chi connectivity index (χ3v) is 5.09. The predicted octanol–water partition coefficient (Wildman–Crippen LogP) is 3.50. The highest BCUT2D eigenvalue weighted by Gasteiger charge is 2.18. The number of rotatable bonds is 5. The van der Waals surface area contributed by atoms with Gasteiger partial charge >= 0.3 is 0 Å². The van der Waals surface area contributed by atoms with E-state index in [1.54, 1.807) is 37.7 Å². The lowest BCUT2D eigenvalue weighted by Gasteiger charge is -2.08. The molecular formula is C21H17ClFN3O3. The normalized spacial score (nSPS) is 11.2. The van der Waals surface area contributed by atoms with Gasteiger partial charge in [-0.25, -0.2) is 8.91 Å². The van der Waals surface area contributed by atoms with Crippen molar-refractivity contribution in [2.75, 3.05) is 7.11 Å². The Hall–Kier alpha value is -3.16. The molecular weight excluding hydrogens is 397 g/mol. The zero-order chi connectivity index (χ0) is 20.5. The van der Waals surface area contributed by atoms with E-state index < -0.39 is 5.82 Å². The Labute approximate surface area is 170 Å². The number of benzene rings is 2. The largest absolute Gasteiger partial charge is 0.497 e. The summed E-state index contributed by atoms with van der Waals surface area (Å²) < 4.78 is 21.4. The molecule has 2 aromatic carbocycles. The third kappa shape index (κ3) is 3.50. The average molecular weight is 414 g/mol. The Morgan fingerprint density at radius 2 is 1.93 bits per heavy atom. The van der Waals surface area contributed by atoms with E-state index in [9.17, 15) is 14.3 Å². The summed E-state index contributed by atoms with van der Waals surface area (Å²) in [5.41, 5.74) is 2.26. The third-order valence-electron chi connectivity index (χ3n) is 4.74. The van der Waals surface area contributed by atoms with Crippen LogP contribution in [0.3, 0.4) is 0 Å². The van der Waals surface area contributed by atoms with Gasteiger partial charge in [0.1, 0.15) is 17.1 Å². The molecule has 2 heterocycles. The van der Waals surface area contributed by atoms with Crippen molar-refractivity contribution in [3.63, 3.8) is 0 Å². The van der Waals surface area contributed by atoms with Crippen LogP contribution in [0.1, 0.15) is 11.1 Å². The van der Waals surface area contributed by atoms with Crippen LogP contribution in [0.2, 0.25) is 5.02 Å². The Morgan fingerprint density at radius 1 is 1.17 bits per heavy atom. The molecule has 148 valence electrons. The topological polar surface area (TPSA) is 68.8 Å². The number of ether oxygens (including phenoxy) is 1. The maximum absolute atomic E-state index is 13.3. The zero-order valence-corrected chi connectivity index (χ0v) is 16.2. The number of hydrogen-bond acceptors (Lipinski definition) is 4. The first kappa shape index (κ1) is 19.2. The molecule has 0 fully saturated rings. The number of aromatic nitrogens is 3. The highest BCUT2D eigenvalue weighted by atomic mass is 35.5. The van der Waals surface area contributed by atoms with E-state index in [2.05, 4.69) is 5.10 Å². The molecule has 4 aromatic rings. The fourth-order valence-electron chi connectivity index (χ4n) is 3.24. The van der Waals surface area contributed by atoms with Gasteiger partial charge in [-0.15, -0.1) is 0 Å². The van der Waals surface area contributed by atoms with Gasteiger partial charge in [0.2, 0.25) is 0 Å². The van der Waals surface area contributed by atoms with Crippen molar-refractivity contribution in [2.45, 2.75) is 13.2 Å². The number of aliphatic hydroxyl groups excluding tert-OH is 1. The summed E-state index contributed by atoms with van der Waals surface area (Å²) in [6.45, 7) is -0.177. The van der Waals surface area contributed by atoms with Gasteiger partial charge in [-0.2, -0.15) is 5.10 Å². The van der Waals surface area contributed by atoms with Crippen molar-refractivity contribution in [3.8, 4) is 17.0 Å². The highest BCUT2D eigenvalue weighted by molar-refractivity contribution is 6.31. The minimum atomic E-state index is -0.441. The fraction of sp³-hybridized carbons (Fsp3) is 0.143. The monoisotopic (exact) mass is 413 g/mol. The van der Waals surface area contributed by atoms with Gasteiger partial charge in [-0.05, 0) is 42.0 Å². The molecule has 0 saturated heterocycles. The number of halogens is 2. The molecule has 0 unspecified atom stereocenters. The highest BCUT2D eigenvalue weighted by Crippen LogP contribution is 2.27. The number of aliphatic hydroxyl groups is 1. The molecule has 0 spiro atoms. The lowest BCUT2D eigenvalue weighted by atomic mass is 10.1. The van der Waals surface area contributed by atoms with Crippen LogP contribution in [0.4, 0.5) is 4.39 Å². The maximum atomic E-state index is 13.3. The van der Waals surface area contributed by atoms with Gasteiger partial charge in [-0.3, -0.25) is 4.79 Å². The Bertz CT molecular complexity index is 1250. The van der Waals surface area contributed by atoms with Crippen LogP contribution < -0.4 is 10.3 Å². The van der Waals surface area contributed by atoms with Crippen molar-refractivity contribution < 1.29 is 14.2 Å². The molecule has 6 nitrogen and oxygen atoms in total. The fourth-order valence-corrected chi connectivity index (χ4v) is 3.47. The first-order chi connectivity index (χ1) is 14.0. The summed E-state index contributed by atoms with van der Waals surface area (Å²) in [5.74, 6) is 0.255. The summed E-state index contributed by atoms with van der Waals surface area (Å²) in [5, 5.41) is 14.7. The molecule has 0 aliphatic heterocycles. The predicted molar refractivity (Wildman–Crippen MR) is 108 cm³/mol. The lowest BCUT2D eigenvalue weighted by molar-refractivity contribution is 0.283. The minimum Gasteiger partial charge on any atom is -0.497 e. The Balaban J connectivity index is 1.82. The number of nitrogens with zero attached hydrogens (tertiary/aromatic N) is 3. The molecule has 0 amide bonds. The van der Waals surface area contributed by atoms with Crippen molar-refractivity contribution >= 4 is 17.1 Å². The van der Waals surface area contributed by atoms with E-state index in [1.807, 2.05) is 12.1 Å². The second kappa shape index (κ2) is 7.69. The number of fused-ring (bicyclic) bond motifs is 1. The van der Waals surface area contributed by atoms with Crippen LogP contribution in [-0.4, -0.2) is 26.4 Å². The molecule has 2 aromatic heterocycles. The van der Waals surface area contributed by atoms with E-state index in [-0.39, 0.29) is 29.3 Å². The van der Waals surface area contributed by atoms with E-state index in [0.29, 0.717) is 22.6 Å². The zero-order valence-electron chi connectivity index (χ0n) is 15.5. The van der Waals surface area contributed by atoms with E-state index in [0.717, 1.165) is 5.56 Å². The Morgan fingerprint density at radius 3 is 2.59 bits per heavy atom. The van der Waals surface area contributed by atoms with Crippen molar-refractivity contribution in [1.29, 1.82) is 0 Å². The molecule has 8 heteroatoms. The molecule has 0 aliphatic rings. The summed E-state index contributed by atoms with van der Waals surface area (Å²) in [6, 6.07) is 11.3. The second-order valence-electron chi connectivity index (χ2n) is 6.47. The number of hydrogen-bond donors (Lipinski definition) is 1. The molecule has 0 radical (unpaired) electrons. The van der Waals surface area contributed by atoms with Crippen LogP contribution in [0.15, 0.2) is 59.7 Å². The van der Waals surface area contributed by atoms with Gasteiger partial charge in [0.25, 0.3) is 5.56 Å². The van der Waals surface area contributed by atoms with Crippen molar-refractivity contribution in [1.82, 2.24) is 14.2 Å². The van der Waals surface area contributed by atoms with Crippen molar-refractivity contribution in [2.24, 2.45) is 0 Å². The molecule has 0 atom stereocenters. The standard InChI is InChI=1S/C21H17ClFN3O3/c1-29-16-6-3-13(4-7-16)19-17(12-27)20-21(28)25(8-9-26(20)24-19)11-14-2-5-15(23)10-18(14)22/h2-10,27H,11-12H2,1H3. The van der Waals surface area contributed by atoms with Crippen LogP contribution in [0.5, 0.6) is 5.75 Å². The van der Waals surface area contributed by atoms with Crippen LogP contribution in [0, 0.1) is 5.82 Å². The summed E-state index contributed by atoms with van der Waals surface area (Å²) >= 11 is 6.09.